The monoisotopic (exact) mass is 285 g/mol. The lowest BCUT2D eigenvalue weighted by Crippen LogP contribution is -2.04. The maximum Gasteiger partial charge on any atom is 0.153 e. The molecule has 0 fully saturated rings. The smallest absolute Gasteiger partial charge is 0.153 e. The molecule has 0 unspecified atom stereocenters. The van der Waals surface area contributed by atoms with Crippen molar-refractivity contribution >= 4 is 22.6 Å². The zero-order valence-electron chi connectivity index (χ0n) is 11.5. The van der Waals surface area contributed by atoms with E-state index >= 15 is 0 Å². The van der Waals surface area contributed by atoms with Crippen molar-refractivity contribution < 1.29 is 4.42 Å². The Kier molecular flexibility index (Phi) is 3.51. The standard InChI is InChI=1S/C17H16ClNO/c1-11-14-8-13(12-6-4-3-5-7-12)9-15(18)17(14)20-16(11)10-19-2/h3-9,19H,10H2,1-2H3. The van der Waals surface area contributed by atoms with Gasteiger partial charge in [-0.15, -0.1) is 0 Å². The van der Waals surface area contributed by atoms with Crippen LogP contribution < -0.4 is 5.32 Å². The second-order valence-electron chi connectivity index (χ2n) is 4.88. The molecule has 0 atom stereocenters. The van der Waals surface area contributed by atoms with Crippen LogP contribution >= 0.6 is 11.6 Å². The molecule has 2 aromatic carbocycles. The Balaban J connectivity index is 2.21. The molecule has 0 amide bonds. The Morgan fingerprint density at radius 3 is 2.55 bits per heavy atom. The molecule has 3 heteroatoms. The van der Waals surface area contributed by atoms with Crippen molar-refractivity contribution in [1.29, 1.82) is 0 Å². The van der Waals surface area contributed by atoms with Crippen molar-refractivity contribution in [3.63, 3.8) is 0 Å². The van der Waals surface area contributed by atoms with E-state index in [4.69, 9.17) is 16.0 Å². The van der Waals surface area contributed by atoms with Crippen LogP contribution in [0.2, 0.25) is 5.02 Å². The molecule has 102 valence electrons. The number of aryl methyl sites for hydroxylation is 1. The number of hydrogen-bond acceptors (Lipinski definition) is 2. The predicted molar refractivity (Wildman–Crippen MR) is 84.2 cm³/mol. The minimum Gasteiger partial charge on any atom is -0.458 e. The van der Waals surface area contributed by atoms with Crippen molar-refractivity contribution in [2.45, 2.75) is 13.5 Å². The summed E-state index contributed by atoms with van der Waals surface area (Å²) in [5.74, 6) is 0.939. The molecule has 0 bridgehead atoms. The fourth-order valence-corrected chi connectivity index (χ4v) is 2.71. The molecule has 0 aliphatic carbocycles. The summed E-state index contributed by atoms with van der Waals surface area (Å²) in [6, 6.07) is 14.4. The van der Waals surface area contributed by atoms with Gasteiger partial charge in [-0.25, -0.2) is 0 Å². The first-order valence-corrected chi connectivity index (χ1v) is 7.00. The summed E-state index contributed by atoms with van der Waals surface area (Å²) in [6.45, 7) is 2.78. The van der Waals surface area contributed by atoms with Crippen LogP contribution in [-0.4, -0.2) is 7.05 Å². The van der Waals surface area contributed by atoms with E-state index in [1.807, 2.05) is 31.3 Å². The molecule has 0 saturated heterocycles. The normalized spacial score (nSPS) is 11.2. The predicted octanol–water partition coefficient (Wildman–Crippen LogP) is 4.78. The van der Waals surface area contributed by atoms with Gasteiger partial charge < -0.3 is 9.73 Å². The highest BCUT2D eigenvalue weighted by Crippen LogP contribution is 2.35. The van der Waals surface area contributed by atoms with Crippen LogP contribution in [-0.2, 0) is 6.54 Å². The second-order valence-corrected chi connectivity index (χ2v) is 5.29. The van der Waals surface area contributed by atoms with Crippen LogP contribution in [0.4, 0.5) is 0 Å². The van der Waals surface area contributed by atoms with Gasteiger partial charge in [0.05, 0.1) is 11.6 Å². The van der Waals surface area contributed by atoms with E-state index < -0.39 is 0 Å². The summed E-state index contributed by atoms with van der Waals surface area (Å²) in [5.41, 5.74) is 4.19. The Morgan fingerprint density at radius 1 is 1.10 bits per heavy atom. The lowest BCUT2D eigenvalue weighted by atomic mass is 10.0. The van der Waals surface area contributed by atoms with E-state index in [9.17, 15) is 0 Å². The fourth-order valence-electron chi connectivity index (χ4n) is 2.45. The number of halogens is 1. The SMILES string of the molecule is CNCc1oc2c(Cl)cc(-c3ccccc3)cc2c1C. The van der Waals surface area contributed by atoms with Crippen molar-refractivity contribution in [3.8, 4) is 11.1 Å². The summed E-state index contributed by atoms with van der Waals surface area (Å²) < 4.78 is 5.87. The van der Waals surface area contributed by atoms with Gasteiger partial charge in [0, 0.05) is 5.39 Å². The lowest BCUT2D eigenvalue weighted by molar-refractivity contribution is 0.527. The van der Waals surface area contributed by atoms with Crippen LogP contribution in [0.25, 0.3) is 22.1 Å². The first kappa shape index (κ1) is 13.2. The van der Waals surface area contributed by atoms with Gasteiger partial charge in [0.25, 0.3) is 0 Å². The molecule has 1 heterocycles. The number of furan rings is 1. The van der Waals surface area contributed by atoms with Gasteiger partial charge >= 0.3 is 0 Å². The summed E-state index contributed by atoms with van der Waals surface area (Å²) in [6.07, 6.45) is 0. The fraction of sp³-hybridized carbons (Fsp3) is 0.176. The zero-order valence-corrected chi connectivity index (χ0v) is 12.3. The molecule has 2 nitrogen and oxygen atoms in total. The highest BCUT2D eigenvalue weighted by Gasteiger charge is 2.14. The van der Waals surface area contributed by atoms with Gasteiger partial charge in [-0.3, -0.25) is 0 Å². The van der Waals surface area contributed by atoms with Crippen molar-refractivity contribution in [2.75, 3.05) is 7.05 Å². The lowest BCUT2D eigenvalue weighted by Gasteiger charge is -2.03. The largest absolute Gasteiger partial charge is 0.458 e. The first-order chi connectivity index (χ1) is 9.70. The summed E-state index contributed by atoms with van der Waals surface area (Å²) >= 11 is 6.38. The minimum absolute atomic E-state index is 0.659. The van der Waals surface area contributed by atoms with E-state index in [2.05, 4.69) is 30.4 Å². The van der Waals surface area contributed by atoms with Crippen LogP contribution in [0.1, 0.15) is 11.3 Å². The molecule has 0 radical (unpaired) electrons. The maximum atomic E-state index is 6.38. The maximum absolute atomic E-state index is 6.38. The van der Waals surface area contributed by atoms with E-state index in [0.717, 1.165) is 33.4 Å². The molecule has 0 aliphatic rings. The molecule has 0 saturated carbocycles. The first-order valence-electron chi connectivity index (χ1n) is 6.62. The molecule has 0 aliphatic heterocycles. The van der Waals surface area contributed by atoms with Gasteiger partial charge in [-0.1, -0.05) is 41.9 Å². The molecule has 0 spiro atoms. The molecular weight excluding hydrogens is 270 g/mol. The quantitative estimate of drug-likeness (QED) is 0.749. The summed E-state index contributed by atoms with van der Waals surface area (Å²) in [5, 5.41) is 4.86. The van der Waals surface area contributed by atoms with E-state index in [-0.39, 0.29) is 0 Å². The van der Waals surface area contributed by atoms with Gasteiger partial charge in [0.1, 0.15) is 5.76 Å². The topological polar surface area (TPSA) is 25.2 Å². The number of benzene rings is 2. The van der Waals surface area contributed by atoms with Crippen LogP contribution in [0.5, 0.6) is 0 Å². The van der Waals surface area contributed by atoms with Crippen molar-refractivity contribution in [3.05, 3.63) is 58.8 Å². The molecular formula is C17H16ClNO. The number of hydrogen-bond donors (Lipinski definition) is 1. The average molecular weight is 286 g/mol. The molecule has 20 heavy (non-hydrogen) atoms. The summed E-state index contributed by atoms with van der Waals surface area (Å²) in [7, 11) is 1.91. The second kappa shape index (κ2) is 5.31. The highest BCUT2D eigenvalue weighted by molar-refractivity contribution is 6.35. The van der Waals surface area contributed by atoms with Crippen molar-refractivity contribution in [1.82, 2.24) is 5.32 Å². The molecule has 1 aromatic heterocycles. The van der Waals surface area contributed by atoms with Gasteiger partial charge in [0.2, 0.25) is 0 Å². The third-order valence-corrected chi connectivity index (χ3v) is 3.82. The van der Waals surface area contributed by atoms with E-state index in [1.165, 1.54) is 0 Å². The highest BCUT2D eigenvalue weighted by atomic mass is 35.5. The molecule has 1 N–H and O–H groups in total. The van der Waals surface area contributed by atoms with Gasteiger partial charge in [-0.2, -0.15) is 0 Å². The average Bonchev–Trinajstić information content (AvgIpc) is 2.78. The van der Waals surface area contributed by atoms with Gasteiger partial charge in [0.15, 0.2) is 5.58 Å². The van der Waals surface area contributed by atoms with Gasteiger partial charge in [-0.05, 0) is 42.8 Å². The number of rotatable bonds is 3. The third kappa shape index (κ3) is 2.21. The van der Waals surface area contributed by atoms with Crippen LogP contribution in [0.15, 0.2) is 46.9 Å². The van der Waals surface area contributed by atoms with E-state index in [1.54, 1.807) is 0 Å². The van der Waals surface area contributed by atoms with Crippen LogP contribution in [0.3, 0.4) is 0 Å². The third-order valence-electron chi connectivity index (χ3n) is 3.54. The van der Waals surface area contributed by atoms with Crippen molar-refractivity contribution in [2.24, 2.45) is 0 Å². The Morgan fingerprint density at radius 2 is 1.85 bits per heavy atom. The minimum atomic E-state index is 0.659. The summed E-state index contributed by atoms with van der Waals surface area (Å²) in [4.78, 5) is 0. The van der Waals surface area contributed by atoms with E-state index in [0.29, 0.717) is 11.6 Å². The Hall–Kier alpha value is -1.77. The molecule has 3 aromatic rings. The van der Waals surface area contributed by atoms with Crippen LogP contribution in [0, 0.1) is 6.92 Å². The Labute approximate surface area is 123 Å². The Bertz CT molecular complexity index is 747. The number of fused-ring (bicyclic) bond motifs is 1. The number of nitrogens with one attached hydrogen (secondary N) is 1. The zero-order chi connectivity index (χ0) is 14.1. The molecule has 3 rings (SSSR count).